The quantitative estimate of drug-likeness (QED) is 0.640. The normalized spacial score (nSPS) is 12.3. The van der Waals surface area contributed by atoms with E-state index >= 15 is 0 Å². The maximum absolute atomic E-state index is 12.3. The van der Waals surface area contributed by atoms with Crippen molar-refractivity contribution in [1.82, 2.24) is 9.97 Å². The lowest BCUT2D eigenvalue weighted by atomic mass is 10.3. The van der Waals surface area contributed by atoms with E-state index in [1.165, 1.54) is 11.8 Å². The topological polar surface area (TPSA) is 57.8 Å². The number of nitrogens with zero attached hydrogens (tertiary/aromatic N) is 1. The number of carbonyl (C=O) groups excluding carboxylic acids is 1. The van der Waals surface area contributed by atoms with E-state index in [1.54, 1.807) is 18.2 Å². The molecule has 1 heterocycles. The van der Waals surface area contributed by atoms with Gasteiger partial charge in [0.25, 0.3) is 0 Å². The number of nitrogens with one attached hydrogen (secondary N) is 2. The van der Waals surface area contributed by atoms with Crippen LogP contribution >= 0.6 is 35.0 Å². The van der Waals surface area contributed by atoms with Crippen molar-refractivity contribution in [2.24, 2.45) is 0 Å². The molecule has 0 saturated carbocycles. The highest BCUT2D eigenvalue weighted by Crippen LogP contribution is 2.28. The molecule has 0 bridgehead atoms. The lowest BCUT2D eigenvalue weighted by molar-refractivity contribution is -0.115. The molecule has 1 atom stereocenters. The zero-order valence-electron chi connectivity index (χ0n) is 12.1. The minimum absolute atomic E-state index is 0.167. The van der Waals surface area contributed by atoms with Crippen molar-refractivity contribution in [3.8, 4) is 0 Å². The molecule has 3 aromatic rings. The van der Waals surface area contributed by atoms with Crippen LogP contribution in [-0.2, 0) is 4.79 Å². The second-order valence-corrected chi connectivity index (χ2v) is 7.11. The molecular weight excluding hydrogens is 353 g/mol. The van der Waals surface area contributed by atoms with Crippen molar-refractivity contribution in [2.75, 3.05) is 5.32 Å². The number of imidazole rings is 1. The average Bonchev–Trinajstić information content (AvgIpc) is 2.93. The molecule has 2 aromatic carbocycles. The summed E-state index contributed by atoms with van der Waals surface area (Å²) in [7, 11) is 0. The summed E-state index contributed by atoms with van der Waals surface area (Å²) in [5, 5.41) is 4.11. The van der Waals surface area contributed by atoms with Crippen LogP contribution < -0.4 is 5.32 Å². The predicted octanol–water partition coefficient (Wildman–Crippen LogP) is 4.99. The van der Waals surface area contributed by atoms with Crippen LogP contribution in [0.2, 0.25) is 10.0 Å². The monoisotopic (exact) mass is 365 g/mol. The van der Waals surface area contributed by atoms with Gasteiger partial charge < -0.3 is 10.3 Å². The first-order chi connectivity index (χ1) is 11.0. The van der Waals surface area contributed by atoms with Crippen LogP contribution in [-0.4, -0.2) is 21.1 Å². The summed E-state index contributed by atoms with van der Waals surface area (Å²) in [6.45, 7) is 1.81. The summed E-state index contributed by atoms with van der Waals surface area (Å²) < 4.78 is 0. The summed E-state index contributed by atoms with van der Waals surface area (Å²) in [5.74, 6) is -0.167. The number of thioether (sulfide) groups is 1. The van der Waals surface area contributed by atoms with Gasteiger partial charge in [-0.25, -0.2) is 4.98 Å². The zero-order valence-corrected chi connectivity index (χ0v) is 14.5. The van der Waals surface area contributed by atoms with Crippen molar-refractivity contribution in [3.05, 3.63) is 52.5 Å². The van der Waals surface area contributed by atoms with E-state index in [9.17, 15) is 4.79 Å². The summed E-state index contributed by atoms with van der Waals surface area (Å²) in [6.07, 6.45) is 0. The fraction of sp³-hybridized carbons (Fsp3) is 0.125. The number of aromatic amines is 1. The number of benzene rings is 2. The Labute approximate surface area is 147 Å². The van der Waals surface area contributed by atoms with Crippen LogP contribution in [0.3, 0.4) is 0 Å². The summed E-state index contributed by atoms with van der Waals surface area (Å²) >= 11 is 13.3. The molecule has 4 nitrogen and oxygen atoms in total. The van der Waals surface area contributed by atoms with Crippen LogP contribution in [0, 0.1) is 0 Å². The van der Waals surface area contributed by atoms with E-state index in [2.05, 4.69) is 15.3 Å². The number of amides is 1. The lowest BCUT2D eigenvalue weighted by Crippen LogP contribution is -2.22. The van der Waals surface area contributed by atoms with Gasteiger partial charge in [0.15, 0.2) is 5.16 Å². The number of hydrogen-bond donors (Lipinski definition) is 2. The van der Waals surface area contributed by atoms with Crippen LogP contribution in [0.15, 0.2) is 47.6 Å². The molecule has 7 heteroatoms. The second-order valence-electron chi connectivity index (χ2n) is 4.93. The van der Waals surface area contributed by atoms with Crippen LogP contribution in [0.5, 0.6) is 0 Å². The van der Waals surface area contributed by atoms with Crippen molar-refractivity contribution in [3.63, 3.8) is 0 Å². The van der Waals surface area contributed by atoms with Gasteiger partial charge in [-0.05, 0) is 37.3 Å². The number of fused-ring (bicyclic) bond motifs is 1. The number of halogens is 2. The molecular formula is C16H13Cl2N3OS. The molecule has 0 aliphatic heterocycles. The van der Waals surface area contributed by atoms with E-state index in [4.69, 9.17) is 23.2 Å². The van der Waals surface area contributed by atoms with E-state index in [1.807, 2.05) is 31.2 Å². The predicted molar refractivity (Wildman–Crippen MR) is 96.5 cm³/mol. The van der Waals surface area contributed by atoms with Gasteiger partial charge in [-0.2, -0.15) is 0 Å². The van der Waals surface area contributed by atoms with Gasteiger partial charge in [0.2, 0.25) is 5.91 Å². The maximum Gasteiger partial charge on any atom is 0.237 e. The van der Waals surface area contributed by atoms with E-state index in [0.717, 1.165) is 11.0 Å². The largest absolute Gasteiger partial charge is 0.333 e. The fourth-order valence-electron chi connectivity index (χ4n) is 2.03. The van der Waals surface area contributed by atoms with Crippen molar-refractivity contribution < 1.29 is 4.79 Å². The Hall–Kier alpha value is -1.69. The molecule has 0 saturated heterocycles. The lowest BCUT2D eigenvalue weighted by Gasteiger charge is -2.12. The molecule has 0 spiro atoms. The Morgan fingerprint density at radius 2 is 2.04 bits per heavy atom. The third-order valence-corrected chi connectivity index (χ3v) is 4.76. The van der Waals surface area contributed by atoms with Gasteiger partial charge >= 0.3 is 0 Å². The van der Waals surface area contributed by atoms with Gasteiger partial charge in [-0.1, -0.05) is 47.1 Å². The zero-order chi connectivity index (χ0) is 16.4. The standard InChI is InChI=1S/C16H13Cl2N3OS/c1-9(15(22)19-14-8-10(17)6-7-11(14)18)23-16-20-12-4-2-3-5-13(12)21-16/h2-9H,1H3,(H,19,22)(H,20,21)/t9-/m1/s1. The third-order valence-electron chi connectivity index (χ3n) is 3.21. The Balaban J connectivity index is 1.71. The first-order valence-corrected chi connectivity index (χ1v) is 8.54. The number of carbonyl (C=O) groups is 1. The number of para-hydroxylation sites is 2. The van der Waals surface area contributed by atoms with Gasteiger partial charge in [-0.3, -0.25) is 4.79 Å². The second kappa shape index (κ2) is 6.83. The molecule has 2 N–H and O–H groups in total. The van der Waals surface area contributed by atoms with E-state index < -0.39 is 0 Å². The Morgan fingerprint density at radius 3 is 2.83 bits per heavy atom. The molecule has 0 unspecified atom stereocenters. The molecule has 3 rings (SSSR count). The smallest absolute Gasteiger partial charge is 0.237 e. The molecule has 0 radical (unpaired) electrons. The van der Waals surface area contributed by atoms with Crippen molar-refractivity contribution in [2.45, 2.75) is 17.3 Å². The summed E-state index contributed by atoms with van der Waals surface area (Å²) in [6, 6.07) is 12.7. The molecule has 1 amide bonds. The number of aromatic nitrogens is 2. The van der Waals surface area contributed by atoms with Gasteiger partial charge in [0.1, 0.15) is 0 Å². The van der Waals surface area contributed by atoms with Crippen LogP contribution in [0.1, 0.15) is 6.92 Å². The highest BCUT2D eigenvalue weighted by molar-refractivity contribution is 8.00. The van der Waals surface area contributed by atoms with Gasteiger partial charge in [-0.15, -0.1) is 0 Å². The first-order valence-electron chi connectivity index (χ1n) is 6.90. The van der Waals surface area contributed by atoms with Crippen molar-refractivity contribution >= 4 is 57.6 Å². The molecule has 118 valence electrons. The minimum atomic E-state index is -0.342. The minimum Gasteiger partial charge on any atom is -0.333 e. The highest BCUT2D eigenvalue weighted by atomic mass is 35.5. The molecule has 0 aliphatic carbocycles. The Kier molecular flexibility index (Phi) is 4.80. The van der Waals surface area contributed by atoms with Gasteiger partial charge in [0, 0.05) is 5.02 Å². The maximum atomic E-state index is 12.3. The number of anilines is 1. The molecule has 23 heavy (non-hydrogen) atoms. The molecule has 0 fully saturated rings. The average molecular weight is 366 g/mol. The summed E-state index contributed by atoms with van der Waals surface area (Å²) in [4.78, 5) is 20.0. The number of H-pyrrole nitrogens is 1. The fourth-order valence-corrected chi connectivity index (χ4v) is 3.19. The molecule has 1 aromatic heterocycles. The molecule has 0 aliphatic rings. The number of hydrogen-bond acceptors (Lipinski definition) is 3. The SMILES string of the molecule is C[C@@H](Sc1nc2ccccc2[nH]1)C(=O)Nc1cc(Cl)ccc1Cl. The van der Waals surface area contributed by atoms with Crippen molar-refractivity contribution in [1.29, 1.82) is 0 Å². The van der Waals surface area contributed by atoms with Crippen LogP contribution in [0.25, 0.3) is 11.0 Å². The Bertz CT molecular complexity index is 832. The van der Waals surface area contributed by atoms with Gasteiger partial charge in [0.05, 0.1) is 27.0 Å². The summed E-state index contributed by atoms with van der Waals surface area (Å²) in [5.41, 5.74) is 2.32. The van der Waals surface area contributed by atoms with E-state index in [0.29, 0.717) is 20.9 Å². The third kappa shape index (κ3) is 3.80. The van der Waals surface area contributed by atoms with E-state index in [-0.39, 0.29) is 11.2 Å². The highest BCUT2D eigenvalue weighted by Gasteiger charge is 2.17. The van der Waals surface area contributed by atoms with Crippen LogP contribution in [0.4, 0.5) is 5.69 Å². The Morgan fingerprint density at radius 1 is 1.26 bits per heavy atom. The first kappa shape index (κ1) is 16.2. The number of rotatable bonds is 4.